The summed E-state index contributed by atoms with van der Waals surface area (Å²) in [4.78, 5) is 13.1. The fourth-order valence-corrected chi connectivity index (χ4v) is 3.36. The topological polar surface area (TPSA) is 53.6 Å². The highest BCUT2D eigenvalue weighted by molar-refractivity contribution is 7.98. The largest absolute Gasteiger partial charge is 0.450 e. The molecule has 0 atom stereocenters. The summed E-state index contributed by atoms with van der Waals surface area (Å²) >= 11 is 7.63. The minimum Gasteiger partial charge on any atom is -0.450 e. The van der Waals surface area contributed by atoms with Gasteiger partial charge in [0, 0.05) is 16.1 Å². The second-order valence-corrected chi connectivity index (χ2v) is 7.75. The van der Waals surface area contributed by atoms with Crippen LogP contribution in [0.5, 0.6) is 0 Å². The number of benzene rings is 2. The van der Waals surface area contributed by atoms with E-state index in [-0.39, 0.29) is 0 Å². The van der Waals surface area contributed by atoms with Crippen LogP contribution in [-0.2, 0) is 4.74 Å². The molecule has 0 aromatic heterocycles. The van der Waals surface area contributed by atoms with Gasteiger partial charge in [0.25, 0.3) is 0 Å². The minimum atomic E-state index is -0.476. The van der Waals surface area contributed by atoms with E-state index in [2.05, 4.69) is 35.0 Å². The number of carbonyl (C=O) groups excluding carboxylic acids is 1. The molecule has 1 aliphatic heterocycles. The van der Waals surface area contributed by atoms with Crippen molar-refractivity contribution in [1.82, 2.24) is 15.8 Å². The van der Waals surface area contributed by atoms with E-state index in [1.165, 1.54) is 4.90 Å². The van der Waals surface area contributed by atoms with E-state index in [4.69, 9.17) is 16.3 Å². The van der Waals surface area contributed by atoms with Crippen molar-refractivity contribution in [1.29, 1.82) is 0 Å². The number of carbonyl (C=O) groups is 1. The Morgan fingerprint density at radius 1 is 1.20 bits per heavy atom. The predicted molar refractivity (Wildman–Crippen MR) is 125 cm³/mol. The van der Waals surface area contributed by atoms with Crippen LogP contribution >= 0.6 is 23.4 Å². The molecule has 2 aromatic rings. The SMILES string of the molecule is CCOC(=O)NC1=CN(CC=Cc2ccc(Cl)cc2)NC(c2ccc(SC)cc2)=C1. The van der Waals surface area contributed by atoms with Gasteiger partial charge in [-0.2, -0.15) is 0 Å². The molecule has 1 heterocycles. The quantitative estimate of drug-likeness (QED) is 0.554. The summed E-state index contributed by atoms with van der Waals surface area (Å²) in [7, 11) is 0. The summed E-state index contributed by atoms with van der Waals surface area (Å²) in [6.45, 7) is 2.69. The van der Waals surface area contributed by atoms with Crippen molar-refractivity contribution in [3.63, 3.8) is 0 Å². The number of hydrogen-bond donors (Lipinski definition) is 2. The number of alkyl carbamates (subject to hydrolysis) is 1. The van der Waals surface area contributed by atoms with Gasteiger partial charge in [0.15, 0.2) is 0 Å². The number of hydrazine groups is 1. The highest BCUT2D eigenvalue weighted by Gasteiger charge is 2.14. The Hall–Kier alpha value is -2.83. The number of rotatable bonds is 7. The molecule has 1 aliphatic rings. The summed E-state index contributed by atoms with van der Waals surface area (Å²) in [5, 5.41) is 5.41. The molecule has 0 fully saturated rings. The van der Waals surface area contributed by atoms with Crippen molar-refractivity contribution in [2.45, 2.75) is 11.8 Å². The first kappa shape index (κ1) is 21.9. The molecule has 2 aromatic carbocycles. The number of halogens is 1. The van der Waals surface area contributed by atoms with Gasteiger partial charge < -0.3 is 4.74 Å². The number of nitrogens with zero attached hydrogens (tertiary/aromatic N) is 1. The molecular weight excluding hydrogens is 418 g/mol. The molecule has 156 valence electrons. The minimum absolute atomic E-state index is 0.317. The molecule has 0 radical (unpaired) electrons. The molecule has 0 aliphatic carbocycles. The average molecular weight is 442 g/mol. The van der Waals surface area contributed by atoms with Gasteiger partial charge in [-0.05, 0) is 54.6 Å². The monoisotopic (exact) mass is 441 g/mol. The average Bonchev–Trinajstić information content (AvgIpc) is 2.75. The lowest BCUT2D eigenvalue weighted by atomic mass is 10.1. The maximum atomic E-state index is 11.9. The van der Waals surface area contributed by atoms with Gasteiger partial charge in [-0.15, -0.1) is 11.8 Å². The Balaban J connectivity index is 1.76. The number of thioether (sulfide) groups is 1. The molecule has 1 amide bonds. The number of hydrogen-bond acceptors (Lipinski definition) is 5. The molecule has 0 unspecified atom stereocenters. The highest BCUT2D eigenvalue weighted by Crippen LogP contribution is 2.22. The Kier molecular flexibility index (Phi) is 7.88. The lowest BCUT2D eigenvalue weighted by Gasteiger charge is -2.28. The summed E-state index contributed by atoms with van der Waals surface area (Å²) in [6.07, 6.45) is 9.36. The highest BCUT2D eigenvalue weighted by atomic mass is 35.5. The lowest BCUT2D eigenvalue weighted by Crippen LogP contribution is -2.37. The smallest absolute Gasteiger partial charge is 0.411 e. The first-order valence-electron chi connectivity index (χ1n) is 9.54. The van der Waals surface area contributed by atoms with E-state index in [1.54, 1.807) is 18.7 Å². The molecule has 0 spiro atoms. The van der Waals surface area contributed by atoms with Crippen LogP contribution in [0.3, 0.4) is 0 Å². The Bertz CT molecular complexity index is 953. The molecule has 5 nitrogen and oxygen atoms in total. The zero-order valence-electron chi connectivity index (χ0n) is 16.9. The molecule has 0 bridgehead atoms. The zero-order valence-corrected chi connectivity index (χ0v) is 18.5. The molecule has 2 N–H and O–H groups in total. The van der Waals surface area contributed by atoms with Crippen LogP contribution in [-0.4, -0.2) is 30.5 Å². The first-order chi connectivity index (χ1) is 14.6. The molecule has 30 heavy (non-hydrogen) atoms. The van der Waals surface area contributed by atoms with E-state index in [9.17, 15) is 4.79 Å². The van der Waals surface area contributed by atoms with Gasteiger partial charge >= 0.3 is 6.09 Å². The summed E-state index contributed by atoms with van der Waals surface area (Å²) in [6, 6.07) is 15.9. The van der Waals surface area contributed by atoms with Crippen LogP contribution in [0.4, 0.5) is 4.79 Å². The third kappa shape index (κ3) is 6.34. The number of allylic oxidation sites excluding steroid dienone is 1. The van der Waals surface area contributed by atoms with Crippen LogP contribution in [0.15, 0.2) is 77.5 Å². The van der Waals surface area contributed by atoms with Crippen molar-refractivity contribution in [3.05, 3.63) is 88.7 Å². The van der Waals surface area contributed by atoms with Crippen molar-refractivity contribution < 1.29 is 9.53 Å². The van der Waals surface area contributed by atoms with Crippen molar-refractivity contribution in [3.8, 4) is 0 Å². The van der Waals surface area contributed by atoms with Crippen LogP contribution in [0.2, 0.25) is 5.02 Å². The third-order valence-electron chi connectivity index (χ3n) is 4.26. The van der Waals surface area contributed by atoms with Gasteiger partial charge in [-0.1, -0.05) is 48.0 Å². The standard InChI is InChI=1S/C23H24ClN3O2S/c1-3-29-23(28)25-20-15-22(18-8-12-21(30-2)13-9-18)26-27(16-20)14-4-5-17-6-10-19(24)11-7-17/h4-13,15-16,26H,3,14H2,1-2H3,(H,25,28). The number of amides is 1. The van der Waals surface area contributed by atoms with Crippen molar-refractivity contribution in [2.24, 2.45) is 0 Å². The number of ether oxygens (including phenoxy) is 1. The maximum Gasteiger partial charge on any atom is 0.411 e. The lowest BCUT2D eigenvalue weighted by molar-refractivity contribution is 0.155. The van der Waals surface area contributed by atoms with Crippen molar-refractivity contribution >= 4 is 41.2 Å². The van der Waals surface area contributed by atoms with Gasteiger partial charge in [0.2, 0.25) is 0 Å². The third-order valence-corrected chi connectivity index (χ3v) is 5.26. The van der Waals surface area contributed by atoms with Crippen molar-refractivity contribution in [2.75, 3.05) is 19.4 Å². The molecule has 0 saturated carbocycles. The molecular formula is C23H24ClN3O2S. The zero-order chi connectivity index (χ0) is 21.3. The Morgan fingerprint density at radius 3 is 2.60 bits per heavy atom. The van der Waals surface area contributed by atoms with Gasteiger partial charge in [-0.3, -0.25) is 15.8 Å². The van der Waals surface area contributed by atoms with Gasteiger partial charge in [0.1, 0.15) is 0 Å². The van der Waals surface area contributed by atoms with Gasteiger partial charge in [0.05, 0.1) is 24.5 Å². The van der Waals surface area contributed by atoms with Crippen LogP contribution in [0.25, 0.3) is 11.8 Å². The summed E-state index contributed by atoms with van der Waals surface area (Å²) in [5.41, 5.74) is 7.01. The van der Waals surface area contributed by atoms with E-state index in [0.717, 1.165) is 16.8 Å². The van der Waals surface area contributed by atoms with E-state index in [0.29, 0.717) is 23.9 Å². The van der Waals surface area contributed by atoms with E-state index < -0.39 is 6.09 Å². The maximum absolute atomic E-state index is 11.9. The van der Waals surface area contributed by atoms with Crippen LogP contribution in [0, 0.1) is 0 Å². The van der Waals surface area contributed by atoms with Crippen LogP contribution in [0.1, 0.15) is 18.1 Å². The predicted octanol–water partition coefficient (Wildman–Crippen LogP) is 5.52. The molecule has 0 saturated heterocycles. The summed E-state index contributed by atoms with van der Waals surface area (Å²) in [5.74, 6) is 0. The fraction of sp³-hybridized carbons (Fsp3) is 0.174. The Morgan fingerprint density at radius 2 is 1.93 bits per heavy atom. The van der Waals surface area contributed by atoms with Gasteiger partial charge in [-0.25, -0.2) is 4.79 Å². The summed E-state index contributed by atoms with van der Waals surface area (Å²) < 4.78 is 5.01. The molecule has 3 rings (SSSR count). The van der Waals surface area contributed by atoms with E-state index >= 15 is 0 Å². The van der Waals surface area contributed by atoms with Crippen LogP contribution < -0.4 is 10.7 Å². The first-order valence-corrected chi connectivity index (χ1v) is 11.1. The molecule has 7 heteroatoms. The normalized spacial score (nSPS) is 13.5. The second-order valence-electron chi connectivity index (χ2n) is 6.43. The van der Waals surface area contributed by atoms with E-state index in [1.807, 2.05) is 60.0 Å². The second kappa shape index (κ2) is 10.8. The fourth-order valence-electron chi connectivity index (χ4n) is 2.83. The number of nitrogens with one attached hydrogen (secondary N) is 2. The Labute approximate surface area is 186 Å².